The lowest BCUT2D eigenvalue weighted by Crippen LogP contribution is -2.36. The highest BCUT2D eigenvalue weighted by atomic mass is 32.1. The Morgan fingerprint density at radius 2 is 1.57 bits per heavy atom. The number of aryl methyl sites for hydroxylation is 2. The molecule has 3 aromatic carbocycles. The van der Waals surface area contributed by atoms with Crippen LogP contribution in [0.15, 0.2) is 73.3 Å². The molecule has 2 heteroatoms. The zero-order valence-corrected chi connectivity index (χ0v) is 26.5. The molecule has 1 aliphatic carbocycles. The van der Waals surface area contributed by atoms with Crippen molar-refractivity contribution in [3.05, 3.63) is 100 Å². The highest BCUT2D eigenvalue weighted by molar-refractivity contribution is 7.20. The van der Waals surface area contributed by atoms with Crippen molar-refractivity contribution in [2.24, 2.45) is 5.92 Å². The van der Waals surface area contributed by atoms with Gasteiger partial charge in [0.25, 0.3) is 0 Å². The molecule has 1 aromatic heterocycles. The second kappa shape index (κ2) is 14.9. The Balaban J connectivity index is 0.00000106. The van der Waals surface area contributed by atoms with Gasteiger partial charge in [-0.1, -0.05) is 89.6 Å². The van der Waals surface area contributed by atoms with Gasteiger partial charge >= 0.3 is 0 Å². The first-order valence-electron chi connectivity index (χ1n) is 15.0. The van der Waals surface area contributed by atoms with E-state index in [0.717, 1.165) is 18.0 Å². The molecular weight excluding hydrogens is 502 g/mol. The molecule has 1 aliphatic rings. The lowest BCUT2D eigenvalue weighted by atomic mass is 9.86. The molecule has 1 heterocycles. The van der Waals surface area contributed by atoms with Crippen LogP contribution in [0.4, 0.5) is 0 Å². The minimum absolute atomic E-state index is 0.520. The Bertz CT molecular complexity index is 1440. The van der Waals surface area contributed by atoms with Crippen LogP contribution in [0.2, 0.25) is 0 Å². The maximum absolute atomic E-state index is 5.67. The number of nitrogens with zero attached hydrogens (tertiary/aromatic N) is 1. The number of benzene rings is 3. The lowest BCUT2D eigenvalue weighted by Gasteiger charge is -2.39. The molecule has 0 saturated heterocycles. The average molecular weight is 550 g/mol. The number of fused-ring (bicyclic) bond motifs is 1. The smallest absolute Gasteiger partial charge is 0.0539 e. The van der Waals surface area contributed by atoms with E-state index in [2.05, 4.69) is 86.2 Å². The predicted octanol–water partition coefficient (Wildman–Crippen LogP) is 11.3. The number of hydrogen-bond acceptors (Lipinski definition) is 2. The Morgan fingerprint density at radius 3 is 2.25 bits per heavy atom. The monoisotopic (exact) mass is 549 g/mol. The van der Waals surface area contributed by atoms with Gasteiger partial charge < -0.3 is 4.90 Å². The van der Waals surface area contributed by atoms with E-state index in [0.29, 0.717) is 6.04 Å². The third-order valence-corrected chi connectivity index (χ3v) is 9.25. The number of rotatable bonds is 6. The van der Waals surface area contributed by atoms with E-state index in [1.165, 1.54) is 74.2 Å². The number of hydrogen-bond donors (Lipinski definition) is 0. The molecule has 210 valence electrons. The maximum Gasteiger partial charge on any atom is 0.0539 e. The quantitative estimate of drug-likeness (QED) is 0.216. The van der Waals surface area contributed by atoms with E-state index >= 15 is 0 Å². The summed E-state index contributed by atoms with van der Waals surface area (Å²) in [6, 6.07) is 24.4. The molecule has 0 aliphatic heterocycles. The fourth-order valence-electron chi connectivity index (χ4n) is 5.57. The third-order valence-electron chi connectivity index (χ3n) is 7.93. The van der Waals surface area contributed by atoms with Crippen molar-refractivity contribution in [1.29, 1.82) is 0 Å². The summed E-state index contributed by atoms with van der Waals surface area (Å²) in [7, 11) is 0. The molecule has 1 saturated carbocycles. The van der Waals surface area contributed by atoms with Crippen LogP contribution in [0.3, 0.4) is 0 Å². The molecular formula is C38H47NS. The van der Waals surface area contributed by atoms with Gasteiger partial charge in [0.05, 0.1) is 4.88 Å². The maximum atomic E-state index is 5.67. The molecule has 5 rings (SSSR count). The summed E-state index contributed by atoms with van der Waals surface area (Å²) in [5.41, 5.74) is 8.51. The van der Waals surface area contributed by atoms with Gasteiger partial charge in [-0.15, -0.1) is 17.8 Å². The molecule has 4 aromatic rings. The Labute approximate surface area is 248 Å². The normalized spacial score (nSPS) is 16.1. The number of thiophene rings is 1. The second-order valence-electron chi connectivity index (χ2n) is 10.4. The molecule has 1 fully saturated rings. The van der Waals surface area contributed by atoms with Crippen molar-refractivity contribution < 1.29 is 0 Å². The van der Waals surface area contributed by atoms with E-state index in [-0.39, 0.29) is 0 Å². The minimum atomic E-state index is 0.520. The summed E-state index contributed by atoms with van der Waals surface area (Å²) in [6.07, 6.45) is 10.7. The van der Waals surface area contributed by atoms with Crippen molar-refractivity contribution >= 4 is 27.1 Å². The van der Waals surface area contributed by atoms with Crippen molar-refractivity contribution in [2.75, 3.05) is 0 Å². The fraction of sp³-hybridized carbons (Fsp3) is 0.368. The molecule has 1 nitrogen and oxygen atoms in total. The topological polar surface area (TPSA) is 3.24 Å². The van der Waals surface area contributed by atoms with Crippen LogP contribution in [-0.4, -0.2) is 10.9 Å². The van der Waals surface area contributed by atoms with Crippen molar-refractivity contribution in [3.8, 4) is 23.5 Å². The van der Waals surface area contributed by atoms with Crippen LogP contribution in [-0.2, 0) is 6.54 Å². The molecule has 0 bridgehead atoms. The zero-order chi connectivity index (χ0) is 29.2. The highest BCUT2D eigenvalue weighted by Crippen LogP contribution is 2.40. The largest absolute Gasteiger partial charge is 0.364 e. The Morgan fingerprint density at radius 1 is 0.900 bits per heavy atom. The summed E-state index contributed by atoms with van der Waals surface area (Å²) in [6.45, 7) is 20.5. The Hall–Kier alpha value is -3.28. The van der Waals surface area contributed by atoms with Crippen LogP contribution in [0.25, 0.3) is 26.9 Å². The van der Waals surface area contributed by atoms with E-state index in [9.17, 15) is 0 Å². The molecule has 40 heavy (non-hydrogen) atoms. The molecule has 0 unspecified atom stereocenters. The van der Waals surface area contributed by atoms with Gasteiger partial charge in [-0.2, -0.15) is 0 Å². The summed E-state index contributed by atoms with van der Waals surface area (Å²) in [4.78, 5) is 3.94. The van der Waals surface area contributed by atoms with Crippen molar-refractivity contribution in [1.82, 2.24) is 4.90 Å². The van der Waals surface area contributed by atoms with Gasteiger partial charge in [0.1, 0.15) is 0 Å². The zero-order valence-electron chi connectivity index (χ0n) is 25.7. The van der Waals surface area contributed by atoms with E-state index in [1.807, 2.05) is 51.2 Å². The van der Waals surface area contributed by atoms with Gasteiger partial charge in [0.2, 0.25) is 0 Å². The highest BCUT2D eigenvalue weighted by Gasteiger charge is 2.27. The van der Waals surface area contributed by atoms with Crippen LogP contribution < -0.4 is 0 Å². The lowest BCUT2D eigenvalue weighted by molar-refractivity contribution is 0.198. The first-order valence-corrected chi connectivity index (χ1v) is 15.9. The van der Waals surface area contributed by atoms with Gasteiger partial charge in [-0.25, -0.2) is 0 Å². The molecule has 0 spiro atoms. The fourth-order valence-corrected chi connectivity index (χ4v) is 6.77. The second-order valence-corrected chi connectivity index (χ2v) is 11.5. The summed E-state index contributed by atoms with van der Waals surface area (Å²) < 4.78 is 1.34. The third kappa shape index (κ3) is 7.07. The first-order chi connectivity index (χ1) is 19.4. The molecule has 0 atom stereocenters. The summed E-state index contributed by atoms with van der Waals surface area (Å²) in [5.74, 6) is 3.59. The molecule has 0 amide bonds. The van der Waals surface area contributed by atoms with Crippen LogP contribution >= 0.6 is 11.3 Å². The van der Waals surface area contributed by atoms with Crippen LogP contribution in [0.1, 0.15) is 87.4 Å². The predicted molar refractivity (Wildman–Crippen MR) is 180 cm³/mol. The van der Waals surface area contributed by atoms with Gasteiger partial charge in [-0.05, 0) is 103 Å². The Kier molecular flexibility index (Phi) is 11.7. The van der Waals surface area contributed by atoms with Gasteiger partial charge in [-0.3, -0.25) is 0 Å². The first kappa shape index (κ1) is 31.3. The van der Waals surface area contributed by atoms with Crippen molar-refractivity contribution in [3.63, 3.8) is 0 Å². The number of terminal acetylenes is 1. The van der Waals surface area contributed by atoms with Gasteiger partial charge in [0, 0.05) is 28.5 Å². The summed E-state index contributed by atoms with van der Waals surface area (Å²) >= 11 is 1.88. The molecule has 0 radical (unpaired) electrons. The van der Waals surface area contributed by atoms with Crippen LogP contribution in [0.5, 0.6) is 0 Å². The SMILES string of the molecule is C#Cc1cccc(-c2ccc(C)c(CN(C(=C)c3sc4ccccc4c3C)C3CCC(C)CC3)c2)c1.CC.CC. The summed E-state index contributed by atoms with van der Waals surface area (Å²) in [5, 5.41) is 1.35. The standard InChI is InChI=1S/C34H35NS.2C2H6/c1-6-27-10-9-11-28(20-27)29-17-16-24(3)30(21-29)22-35(31-18-14-23(2)15-19-31)26(5)34-25(4)32-12-7-8-13-33(32)36-34;2*1-2/h1,7-13,16-17,20-21,23,31H,5,14-15,18-19,22H2,2-4H3;2*1-2H3. The van der Waals surface area contributed by atoms with Gasteiger partial charge in [0.15, 0.2) is 0 Å². The molecule has 0 N–H and O–H groups in total. The van der Waals surface area contributed by atoms with E-state index in [4.69, 9.17) is 13.0 Å². The van der Waals surface area contributed by atoms with Crippen LogP contribution in [0, 0.1) is 32.1 Å². The van der Waals surface area contributed by atoms with Crippen molar-refractivity contribution in [2.45, 2.75) is 86.7 Å². The van der Waals surface area contributed by atoms with E-state index in [1.54, 1.807) is 0 Å². The van der Waals surface area contributed by atoms with E-state index < -0.39 is 0 Å². The minimum Gasteiger partial charge on any atom is -0.364 e. The average Bonchev–Trinajstić information content (AvgIpc) is 3.35.